The topological polar surface area (TPSA) is 73.6 Å². The fourth-order valence-electron chi connectivity index (χ4n) is 2.12. The average molecular weight is 295 g/mol. The Bertz CT molecular complexity index is 584. The number of rotatable bonds is 4. The lowest BCUT2D eigenvalue weighted by atomic mass is 10.3. The summed E-state index contributed by atoms with van der Waals surface area (Å²) < 4.78 is 31.4. The molecular formula is C13H17N3O3S. The summed E-state index contributed by atoms with van der Waals surface area (Å²) in [4.78, 5) is 2.21. The second-order valence-corrected chi connectivity index (χ2v) is 6.45. The molecule has 20 heavy (non-hydrogen) atoms. The smallest absolute Gasteiger partial charge is 0.243 e. The van der Waals surface area contributed by atoms with Crippen LogP contribution in [0.25, 0.3) is 0 Å². The van der Waals surface area contributed by atoms with Gasteiger partial charge in [0.25, 0.3) is 0 Å². The van der Waals surface area contributed by atoms with Crippen molar-refractivity contribution >= 4 is 10.0 Å². The first-order valence-electron chi connectivity index (χ1n) is 6.31. The molecule has 1 heterocycles. The van der Waals surface area contributed by atoms with Gasteiger partial charge in [-0.2, -0.15) is 9.57 Å². The Hall–Kier alpha value is -1.62. The third-order valence-corrected chi connectivity index (χ3v) is 5.24. The number of benzene rings is 1. The van der Waals surface area contributed by atoms with Gasteiger partial charge in [0.1, 0.15) is 5.75 Å². The van der Waals surface area contributed by atoms with E-state index in [0.717, 1.165) is 0 Å². The van der Waals surface area contributed by atoms with Crippen LogP contribution in [-0.2, 0) is 10.0 Å². The quantitative estimate of drug-likeness (QED) is 0.757. The van der Waals surface area contributed by atoms with Gasteiger partial charge in [-0.1, -0.05) is 0 Å². The van der Waals surface area contributed by atoms with Crippen LogP contribution in [0.5, 0.6) is 5.75 Å². The van der Waals surface area contributed by atoms with E-state index in [0.29, 0.717) is 38.5 Å². The lowest BCUT2D eigenvalue weighted by molar-refractivity contribution is 0.206. The Balaban J connectivity index is 2.09. The summed E-state index contributed by atoms with van der Waals surface area (Å²) >= 11 is 0. The van der Waals surface area contributed by atoms with Crippen molar-refractivity contribution in [1.82, 2.24) is 9.21 Å². The molecule has 0 aliphatic carbocycles. The second kappa shape index (κ2) is 6.22. The van der Waals surface area contributed by atoms with Gasteiger partial charge in [0, 0.05) is 26.2 Å². The van der Waals surface area contributed by atoms with Gasteiger partial charge in [0.2, 0.25) is 10.0 Å². The SMILES string of the molecule is COc1ccc(S(=O)(=O)N2CCN(CC#N)CC2)cc1. The van der Waals surface area contributed by atoms with Crippen molar-refractivity contribution in [2.75, 3.05) is 39.8 Å². The van der Waals surface area contributed by atoms with E-state index in [9.17, 15) is 8.42 Å². The van der Waals surface area contributed by atoms with Gasteiger partial charge in [-0.25, -0.2) is 8.42 Å². The van der Waals surface area contributed by atoms with Gasteiger partial charge in [0.15, 0.2) is 0 Å². The minimum absolute atomic E-state index is 0.270. The minimum Gasteiger partial charge on any atom is -0.497 e. The fourth-order valence-corrected chi connectivity index (χ4v) is 3.55. The van der Waals surface area contributed by atoms with Gasteiger partial charge in [-0.15, -0.1) is 0 Å². The Kier molecular flexibility index (Phi) is 4.60. The van der Waals surface area contributed by atoms with E-state index < -0.39 is 10.0 Å². The largest absolute Gasteiger partial charge is 0.497 e. The monoisotopic (exact) mass is 295 g/mol. The summed E-state index contributed by atoms with van der Waals surface area (Å²) in [6.45, 7) is 2.34. The first-order valence-corrected chi connectivity index (χ1v) is 7.75. The molecule has 1 aromatic carbocycles. The van der Waals surface area contributed by atoms with Crippen LogP contribution in [-0.4, -0.2) is 57.5 Å². The van der Waals surface area contributed by atoms with E-state index in [-0.39, 0.29) is 4.90 Å². The molecule has 0 aromatic heterocycles. The molecule has 0 unspecified atom stereocenters. The molecule has 1 aliphatic heterocycles. The summed E-state index contributed by atoms with van der Waals surface area (Å²) in [5, 5.41) is 8.64. The number of hydrogen-bond donors (Lipinski definition) is 0. The van der Waals surface area contributed by atoms with Crippen LogP contribution >= 0.6 is 0 Å². The number of ether oxygens (including phenoxy) is 1. The normalized spacial score (nSPS) is 17.6. The van der Waals surface area contributed by atoms with E-state index in [4.69, 9.17) is 10.00 Å². The van der Waals surface area contributed by atoms with E-state index in [1.54, 1.807) is 24.3 Å². The second-order valence-electron chi connectivity index (χ2n) is 4.51. The van der Waals surface area contributed by atoms with Gasteiger partial charge in [-0.3, -0.25) is 4.90 Å². The van der Waals surface area contributed by atoms with E-state index in [1.807, 2.05) is 4.90 Å². The first kappa shape index (κ1) is 14.8. The lowest BCUT2D eigenvalue weighted by Gasteiger charge is -2.32. The Labute approximate surface area is 119 Å². The van der Waals surface area contributed by atoms with Gasteiger partial charge < -0.3 is 4.74 Å². The van der Waals surface area contributed by atoms with E-state index in [1.165, 1.54) is 11.4 Å². The molecule has 0 radical (unpaired) electrons. The molecular weight excluding hydrogens is 278 g/mol. The highest BCUT2D eigenvalue weighted by molar-refractivity contribution is 7.89. The number of nitriles is 1. The predicted molar refractivity (Wildman–Crippen MR) is 73.8 cm³/mol. The third-order valence-electron chi connectivity index (χ3n) is 3.32. The van der Waals surface area contributed by atoms with Crippen molar-refractivity contribution in [2.24, 2.45) is 0 Å². The maximum Gasteiger partial charge on any atom is 0.243 e. The number of piperazine rings is 1. The molecule has 0 atom stereocenters. The summed E-state index contributed by atoms with van der Waals surface area (Å²) in [6, 6.07) is 8.46. The lowest BCUT2D eigenvalue weighted by Crippen LogP contribution is -2.48. The molecule has 108 valence electrons. The van der Waals surface area contributed by atoms with Crippen LogP contribution in [0, 0.1) is 11.3 Å². The molecule has 1 aromatic rings. The highest BCUT2D eigenvalue weighted by Gasteiger charge is 2.28. The molecule has 6 nitrogen and oxygen atoms in total. The van der Waals surface area contributed by atoms with Crippen LogP contribution in [0.4, 0.5) is 0 Å². The molecule has 0 saturated carbocycles. The van der Waals surface area contributed by atoms with Crippen LogP contribution < -0.4 is 4.74 Å². The van der Waals surface area contributed by atoms with Crippen molar-refractivity contribution in [1.29, 1.82) is 5.26 Å². The van der Waals surface area contributed by atoms with Crippen molar-refractivity contribution < 1.29 is 13.2 Å². The fraction of sp³-hybridized carbons (Fsp3) is 0.462. The van der Waals surface area contributed by atoms with Gasteiger partial charge in [0.05, 0.1) is 24.6 Å². The summed E-state index contributed by atoms with van der Waals surface area (Å²) in [5.74, 6) is 0.628. The number of nitrogens with zero attached hydrogens (tertiary/aromatic N) is 3. The molecule has 0 amide bonds. The van der Waals surface area contributed by atoms with Crippen molar-refractivity contribution in [3.05, 3.63) is 24.3 Å². The molecule has 0 bridgehead atoms. The zero-order valence-electron chi connectivity index (χ0n) is 11.3. The molecule has 1 saturated heterocycles. The van der Waals surface area contributed by atoms with Crippen LogP contribution in [0.3, 0.4) is 0 Å². The Morgan fingerprint density at radius 2 is 1.80 bits per heavy atom. The standard InChI is InChI=1S/C13H17N3O3S/c1-19-12-2-4-13(5-3-12)20(17,18)16-10-8-15(7-6-14)9-11-16/h2-5H,7-11H2,1H3. The van der Waals surface area contributed by atoms with Crippen molar-refractivity contribution in [2.45, 2.75) is 4.90 Å². The predicted octanol–water partition coefficient (Wildman–Crippen LogP) is 0.525. The maximum absolute atomic E-state index is 12.5. The summed E-state index contributed by atoms with van der Waals surface area (Å²) in [6.07, 6.45) is 0. The minimum atomic E-state index is -3.46. The Morgan fingerprint density at radius 3 is 2.30 bits per heavy atom. The highest BCUT2D eigenvalue weighted by atomic mass is 32.2. The molecule has 7 heteroatoms. The molecule has 0 spiro atoms. The zero-order chi connectivity index (χ0) is 14.6. The Morgan fingerprint density at radius 1 is 1.20 bits per heavy atom. The summed E-state index contributed by atoms with van der Waals surface area (Å²) in [5.41, 5.74) is 0. The average Bonchev–Trinajstić information content (AvgIpc) is 2.48. The third kappa shape index (κ3) is 3.10. The van der Waals surface area contributed by atoms with E-state index in [2.05, 4.69) is 6.07 Å². The molecule has 1 fully saturated rings. The highest BCUT2D eigenvalue weighted by Crippen LogP contribution is 2.20. The van der Waals surface area contributed by atoms with Gasteiger partial charge >= 0.3 is 0 Å². The molecule has 0 N–H and O–H groups in total. The van der Waals surface area contributed by atoms with Crippen molar-refractivity contribution in [3.63, 3.8) is 0 Å². The maximum atomic E-state index is 12.5. The first-order chi connectivity index (χ1) is 9.57. The van der Waals surface area contributed by atoms with Crippen molar-refractivity contribution in [3.8, 4) is 11.8 Å². The number of sulfonamides is 1. The van der Waals surface area contributed by atoms with Crippen LogP contribution in [0.2, 0.25) is 0 Å². The van der Waals surface area contributed by atoms with Crippen LogP contribution in [0.1, 0.15) is 0 Å². The summed E-state index contributed by atoms with van der Waals surface area (Å²) in [7, 11) is -1.92. The number of hydrogen-bond acceptors (Lipinski definition) is 5. The molecule has 1 aliphatic rings. The zero-order valence-corrected chi connectivity index (χ0v) is 12.1. The van der Waals surface area contributed by atoms with Gasteiger partial charge in [-0.05, 0) is 24.3 Å². The molecule has 2 rings (SSSR count). The van der Waals surface area contributed by atoms with Crippen LogP contribution in [0.15, 0.2) is 29.2 Å². The van der Waals surface area contributed by atoms with E-state index >= 15 is 0 Å². The number of methoxy groups -OCH3 is 1.